The molecule has 0 aromatic heterocycles. The summed E-state index contributed by atoms with van der Waals surface area (Å²) in [4.78, 5) is 9.88. The molecule has 1 radical (unpaired) electrons. The van der Waals surface area contributed by atoms with Crippen molar-refractivity contribution in [1.29, 1.82) is 0 Å². The van der Waals surface area contributed by atoms with Crippen LogP contribution in [0.2, 0.25) is 0 Å². The van der Waals surface area contributed by atoms with Crippen molar-refractivity contribution < 1.29 is 4.92 Å². The summed E-state index contributed by atoms with van der Waals surface area (Å²) in [5, 5.41) is 10.2. The minimum atomic E-state index is -0.360. The van der Waals surface area contributed by atoms with Crippen molar-refractivity contribution in [3.05, 3.63) is 40.0 Å². The standard InChI is InChI=1S/C7H8NO2/c1-6-4-2-3-5-7(6)8(9)10/h3-5H,2H2,1H3. The van der Waals surface area contributed by atoms with Gasteiger partial charge >= 0.3 is 0 Å². The lowest BCUT2D eigenvalue weighted by Gasteiger charge is -2.02. The summed E-state index contributed by atoms with van der Waals surface area (Å²) >= 11 is 0. The van der Waals surface area contributed by atoms with Crippen molar-refractivity contribution in [3.63, 3.8) is 0 Å². The average Bonchev–Trinajstić information content (AvgIpc) is 1.88. The van der Waals surface area contributed by atoms with Crippen LogP contribution >= 0.6 is 0 Å². The van der Waals surface area contributed by atoms with E-state index in [9.17, 15) is 10.1 Å². The highest BCUT2D eigenvalue weighted by atomic mass is 16.6. The molecule has 0 saturated carbocycles. The van der Waals surface area contributed by atoms with Gasteiger partial charge in [0.25, 0.3) is 5.70 Å². The second-order valence-electron chi connectivity index (χ2n) is 2.17. The summed E-state index contributed by atoms with van der Waals surface area (Å²) in [5.41, 5.74) is 0.971. The summed E-state index contributed by atoms with van der Waals surface area (Å²) in [6, 6.07) is 0. The molecule has 3 heteroatoms. The molecule has 0 atom stereocenters. The van der Waals surface area contributed by atoms with Gasteiger partial charge in [-0.25, -0.2) is 0 Å². The predicted octanol–water partition coefficient (Wildman–Crippen LogP) is 1.70. The molecule has 0 aliphatic heterocycles. The second-order valence-corrected chi connectivity index (χ2v) is 2.17. The number of allylic oxidation sites excluding steroid dienone is 3. The first-order valence-corrected chi connectivity index (χ1v) is 3.07. The molecule has 0 unspecified atom stereocenters. The third kappa shape index (κ3) is 1.23. The first kappa shape index (κ1) is 6.99. The summed E-state index contributed by atoms with van der Waals surface area (Å²) in [5.74, 6) is 0. The Morgan fingerprint density at radius 2 is 2.40 bits per heavy atom. The monoisotopic (exact) mass is 138 g/mol. The highest BCUT2D eigenvalue weighted by Crippen LogP contribution is 2.16. The summed E-state index contributed by atoms with van der Waals surface area (Å²) in [6.45, 7) is 1.75. The van der Waals surface area contributed by atoms with Gasteiger partial charge in [0.2, 0.25) is 0 Å². The lowest BCUT2D eigenvalue weighted by molar-refractivity contribution is -0.420. The van der Waals surface area contributed by atoms with Crippen LogP contribution < -0.4 is 0 Å². The van der Waals surface area contributed by atoms with Gasteiger partial charge in [-0.2, -0.15) is 0 Å². The molecule has 3 nitrogen and oxygen atoms in total. The van der Waals surface area contributed by atoms with Gasteiger partial charge in [-0.3, -0.25) is 10.1 Å². The van der Waals surface area contributed by atoms with E-state index in [4.69, 9.17) is 0 Å². The van der Waals surface area contributed by atoms with E-state index in [1.165, 1.54) is 0 Å². The van der Waals surface area contributed by atoms with Gasteiger partial charge in [0.15, 0.2) is 0 Å². The van der Waals surface area contributed by atoms with E-state index in [0.717, 1.165) is 12.0 Å². The molecule has 0 bridgehead atoms. The number of hydrogen-bond donors (Lipinski definition) is 0. The maximum absolute atomic E-state index is 10.2. The van der Waals surface area contributed by atoms with Gasteiger partial charge in [-0.05, 0) is 19.8 Å². The lowest BCUT2D eigenvalue weighted by Crippen LogP contribution is -2.02. The highest BCUT2D eigenvalue weighted by Gasteiger charge is 2.13. The zero-order chi connectivity index (χ0) is 7.56. The Kier molecular flexibility index (Phi) is 1.85. The second kappa shape index (κ2) is 2.64. The molecule has 0 fully saturated rings. The molecule has 10 heavy (non-hydrogen) atoms. The van der Waals surface area contributed by atoms with Crippen molar-refractivity contribution >= 4 is 0 Å². The van der Waals surface area contributed by atoms with E-state index in [-0.39, 0.29) is 10.6 Å². The van der Waals surface area contributed by atoms with Gasteiger partial charge in [0, 0.05) is 11.6 Å². The maximum Gasteiger partial charge on any atom is 0.268 e. The molecule has 0 N–H and O–H groups in total. The number of nitrogens with zero attached hydrogens (tertiary/aromatic N) is 1. The molecule has 0 aromatic carbocycles. The molecular formula is C7H8NO2. The molecule has 0 amide bonds. The summed E-state index contributed by atoms with van der Waals surface area (Å²) in [7, 11) is 0. The van der Waals surface area contributed by atoms with Gasteiger partial charge < -0.3 is 0 Å². The normalized spacial score (nSPS) is 17.7. The SMILES string of the molecule is CC1=C([N+](=O)[O-])C=CC[CH]1. The van der Waals surface area contributed by atoms with E-state index in [2.05, 4.69) is 0 Å². The number of hydrogen-bond acceptors (Lipinski definition) is 2. The van der Waals surface area contributed by atoms with Crippen LogP contribution in [-0.4, -0.2) is 4.92 Å². The Bertz CT molecular complexity index is 216. The molecule has 0 heterocycles. The van der Waals surface area contributed by atoms with Crippen molar-refractivity contribution in [2.45, 2.75) is 13.3 Å². The van der Waals surface area contributed by atoms with Crippen LogP contribution in [-0.2, 0) is 0 Å². The molecule has 0 spiro atoms. The molecule has 0 saturated heterocycles. The van der Waals surface area contributed by atoms with E-state index in [1.807, 2.05) is 6.42 Å². The molecule has 1 rings (SSSR count). The van der Waals surface area contributed by atoms with Gasteiger partial charge in [-0.1, -0.05) is 6.08 Å². The lowest BCUT2D eigenvalue weighted by atomic mass is 10.0. The van der Waals surface area contributed by atoms with E-state index in [0.29, 0.717) is 0 Å². The predicted molar refractivity (Wildman–Crippen MR) is 37.8 cm³/mol. The Hall–Kier alpha value is -1.12. The van der Waals surface area contributed by atoms with E-state index in [1.54, 1.807) is 19.1 Å². The van der Waals surface area contributed by atoms with Crippen LogP contribution in [0, 0.1) is 16.5 Å². The van der Waals surface area contributed by atoms with Gasteiger partial charge in [0.1, 0.15) is 0 Å². The van der Waals surface area contributed by atoms with Crippen LogP contribution in [0.1, 0.15) is 13.3 Å². The Morgan fingerprint density at radius 3 is 2.80 bits per heavy atom. The van der Waals surface area contributed by atoms with Crippen LogP contribution in [0.3, 0.4) is 0 Å². The quantitative estimate of drug-likeness (QED) is 0.409. The topological polar surface area (TPSA) is 43.1 Å². The minimum absolute atomic E-state index is 0.214. The van der Waals surface area contributed by atoms with Crippen LogP contribution in [0.4, 0.5) is 0 Å². The van der Waals surface area contributed by atoms with Crippen molar-refractivity contribution in [1.82, 2.24) is 0 Å². The van der Waals surface area contributed by atoms with Gasteiger partial charge in [-0.15, -0.1) is 0 Å². The van der Waals surface area contributed by atoms with Crippen LogP contribution in [0.5, 0.6) is 0 Å². The fourth-order valence-electron chi connectivity index (χ4n) is 0.865. The average molecular weight is 138 g/mol. The fourth-order valence-corrected chi connectivity index (χ4v) is 0.865. The van der Waals surface area contributed by atoms with Gasteiger partial charge in [0.05, 0.1) is 4.92 Å². The number of nitro groups is 1. The first-order chi connectivity index (χ1) is 4.72. The molecule has 1 aliphatic carbocycles. The van der Waals surface area contributed by atoms with Crippen LogP contribution in [0.25, 0.3) is 0 Å². The van der Waals surface area contributed by atoms with Crippen LogP contribution in [0.15, 0.2) is 23.4 Å². The smallest absolute Gasteiger partial charge is 0.258 e. The molecule has 1 aliphatic rings. The molecular weight excluding hydrogens is 130 g/mol. The van der Waals surface area contributed by atoms with Crippen molar-refractivity contribution in [2.24, 2.45) is 0 Å². The summed E-state index contributed by atoms with van der Waals surface area (Å²) in [6.07, 6.45) is 5.99. The van der Waals surface area contributed by atoms with E-state index < -0.39 is 0 Å². The fraction of sp³-hybridized carbons (Fsp3) is 0.286. The largest absolute Gasteiger partial charge is 0.268 e. The Morgan fingerprint density at radius 1 is 1.70 bits per heavy atom. The molecule has 0 aromatic rings. The maximum atomic E-state index is 10.2. The first-order valence-electron chi connectivity index (χ1n) is 3.07. The molecule has 53 valence electrons. The van der Waals surface area contributed by atoms with Crippen molar-refractivity contribution in [2.75, 3.05) is 0 Å². The number of rotatable bonds is 1. The zero-order valence-electron chi connectivity index (χ0n) is 5.70. The highest BCUT2D eigenvalue weighted by molar-refractivity contribution is 5.28. The third-order valence-electron chi connectivity index (χ3n) is 1.44. The van der Waals surface area contributed by atoms with E-state index >= 15 is 0 Å². The third-order valence-corrected chi connectivity index (χ3v) is 1.44. The summed E-state index contributed by atoms with van der Waals surface area (Å²) < 4.78 is 0. The minimum Gasteiger partial charge on any atom is -0.258 e. The van der Waals surface area contributed by atoms with Crippen molar-refractivity contribution in [3.8, 4) is 0 Å². The Balaban J connectivity index is 2.90. The Labute approximate surface area is 59.2 Å². The zero-order valence-corrected chi connectivity index (χ0v) is 5.70.